The summed E-state index contributed by atoms with van der Waals surface area (Å²) in [5.74, 6) is 0.866. The van der Waals surface area contributed by atoms with E-state index < -0.39 is 0 Å². The quantitative estimate of drug-likeness (QED) is 0.120. The number of nitro groups is 1. The predicted octanol–water partition coefficient (Wildman–Crippen LogP) is 8.68. The van der Waals surface area contributed by atoms with E-state index in [0.29, 0.717) is 24.2 Å². The van der Waals surface area contributed by atoms with Gasteiger partial charge in [0.05, 0.1) is 4.92 Å². The minimum atomic E-state index is -0.293. The van der Waals surface area contributed by atoms with Crippen LogP contribution >= 0.6 is 0 Å². The molecular weight excluding hydrogens is 462 g/mol. The van der Waals surface area contributed by atoms with Crippen molar-refractivity contribution in [3.8, 4) is 0 Å². The van der Waals surface area contributed by atoms with Gasteiger partial charge in [-0.25, -0.2) is 9.97 Å². The van der Waals surface area contributed by atoms with Crippen molar-refractivity contribution in [3.63, 3.8) is 0 Å². The molecule has 1 aliphatic carbocycles. The molecule has 0 radical (unpaired) electrons. The van der Waals surface area contributed by atoms with E-state index in [2.05, 4.69) is 47.9 Å². The van der Waals surface area contributed by atoms with Crippen molar-refractivity contribution in [1.29, 1.82) is 0 Å². The summed E-state index contributed by atoms with van der Waals surface area (Å²) in [5.41, 5.74) is 0.484. The van der Waals surface area contributed by atoms with Crippen molar-refractivity contribution in [2.75, 3.05) is 23.3 Å². The van der Waals surface area contributed by atoms with E-state index in [-0.39, 0.29) is 21.4 Å². The van der Waals surface area contributed by atoms with Crippen LogP contribution in [-0.2, 0) is 0 Å². The Hall–Kier alpha value is -1.92. The first kappa shape index (κ1) is 29.6. The molecule has 1 N–H and O–H groups in total. The van der Waals surface area contributed by atoms with Crippen LogP contribution in [0.2, 0.25) is 0 Å². The second-order valence-corrected chi connectivity index (χ2v) is 13.0. The molecule has 7 nitrogen and oxygen atoms in total. The normalized spacial score (nSPS) is 22.4. The smallest absolute Gasteiger partial charge is 0.353 e. The van der Waals surface area contributed by atoms with Crippen LogP contribution < -0.4 is 10.2 Å². The molecule has 2 fully saturated rings. The zero-order valence-electron chi connectivity index (χ0n) is 24.2. The van der Waals surface area contributed by atoms with Gasteiger partial charge in [-0.2, -0.15) is 0 Å². The third-order valence-corrected chi connectivity index (χ3v) is 8.50. The standard InChI is InChI=1S/C30H53N5O2/c1-5-6-7-8-9-10-11-12-13-14-15-16-17-18-19-31-27-26(35(36)37)28(33-24-32-27)34-23-30(4)21-25(34)20-29(2,3)22-30/h24-25H,5-23H2,1-4H3,(H,31,32,33). The Bertz CT molecular complexity index is 845. The number of nitrogens with zero attached hydrogens (tertiary/aromatic N) is 4. The third kappa shape index (κ3) is 9.10. The maximum atomic E-state index is 12.1. The SMILES string of the molecule is CCCCCCCCCCCCCCCCNc1ncnc(N2CC3(C)CC2CC(C)(C)C3)c1[N+](=O)[O-]. The Morgan fingerprint density at radius 1 is 0.919 bits per heavy atom. The van der Waals surface area contributed by atoms with E-state index >= 15 is 0 Å². The van der Waals surface area contributed by atoms with Gasteiger partial charge in [-0.05, 0) is 36.5 Å². The first-order valence-electron chi connectivity index (χ1n) is 15.2. The average Bonchev–Trinajstić information content (AvgIpc) is 3.09. The van der Waals surface area contributed by atoms with Crippen molar-refractivity contribution in [2.45, 2.75) is 143 Å². The van der Waals surface area contributed by atoms with Gasteiger partial charge in [-0.1, -0.05) is 111 Å². The average molecular weight is 516 g/mol. The first-order valence-corrected chi connectivity index (χ1v) is 15.2. The Balaban J connectivity index is 1.36. The molecule has 1 aliphatic heterocycles. The zero-order valence-corrected chi connectivity index (χ0v) is 24.2. The molecule has 1 aromatic heterocycles. The summed E-state index contributed by atoms with van der Waals surface area (Å²) in [5, 5.41) is 15.4. The summed E-state index contributed by atoms with van der Waals surface area (Å²) in [4.78, 5) is 22.7. The number of nitrogens with one attached hydrogen (secondary N) is 1. The maximum absolute atomic E-state index is 12.1. The Morgan fingerprint density at radius 3 is 2.05 bits per heavy atom. The summed E-state index contributed by atoms with van der Waals surface area (Å²) < 4.78 is 0. The molecule has 1 aromatic rings. The van der Waals surface area contributed by atoms with Crippen molar-refractivity contribution in [2.24, 2.45) is 10.8 Å². The van der Waals surface area contributed by atoms with E-state index in [1.165, 1.54) is 83.4 Å². The van der Waals surface area contributed by atoms with Gasteiger partial charge in [0, 0.05) is 19.1 Å². The highest BCUT2D eigenvalue weighted by Crippen LogP contribution is 2.54. The highest BCUT2D eigenvalue weighted by atomic mass is 16.6. The lowest BCUT2D eigenvalue weighted by atomic mass is 9.65. The van der Waals surface area contributed by atoms with E-state index in [4.69, 9.17) is 0 Å². The van der Waals surface area contributed by atoms with Crippen LogP contribution in [0.5, 0.6) is 0 Å². The van der Waals surface area contributed by atoms with Gasteiger partial charge in [0.15, 0.2) is 0 Å². The number of anilines is 2. The Kier molecular flexibility index (Phi) is 11.4. The van der Waals surface area contributed by atoms with Gasteiger partial charge < -0.3 is 10.2 Å². The first-order chi connectivity index (χ1) is 17.7. The fraction of sp³-hybridized carbons (Fsp3) is 0.867. The van der Waals surface area contributed by atoms with Crippen LogP contribution in [0, 0.1) is 20.9 Å². The minimum absolute atomic E-state index is 0.0434. The molecular formula is C30H53N5O2. The van der Waals surface area contributed by atoms with Crippen LogP contribution in [-0.4, -0.2) is 34.0 Å². The lowest BCUT2D eigenvalue weighted by Crippen LogP contribution is -2.35. The number of hydrogen-bond acceptors (Lipinski definition) is 6. The Morgan fingerprint density at radius 2 is 1.49 bits per heavy atom. The molecule has 2 unspecified atom stereocenters. The largest absolute Gasteiger partial charge is 0.364 e. The maximum Gasteiger partial charge on any atom is 0.353 e. The molecule has 1 saturated carbocycles. The van der Waals surface area contributed by atoms with Crippen molar-refractivity contribution < 1.29 is 4.92 Å². The molecule has 2 aliphatic rings. The number of fused-ring (bicyclic) bond motifs is 2. The number of rotatable bonds is 18. The summed E-state index contributed by atoms with van der Waals surface area (Å²) >= 11 is 0. The highest BCUT2D eigenvalue weighted by Gasteiger charge is 2.51. The molecule has 0 aromatic carbocycles. The van der Waals surface area contributed by atoms with E-state index in [1.807, 2.05) is 0 Å². The van der Waals surface area contributed by atoms with Gasteiger partial charge in [-0.15, -0.1) is 0 Å². The van der Waals surface area contributed by atoms with Gasteiger partial charge >= 0.3 is 5.69 Å². The zero-order chi connectivity index (χ0) is 26.7. The fourth-order valence-corrected chi connectivity index (χ4v) is 7.11. The van der Waals surface area contributed by atoms with Crippen molar-refractivity contribution >= 4 is 17.3 Å². The fourth-order valence-electron chi connectivity index (χ4n) is 7.11. The minimum Gasteiger partial charge on any atom is -0.364 e. The number of unbranched alkanes of at least 4 members (excludes halogenated alkanes) is 13. The van der Waals surface area contributed by atoms with E-state index in [9.17, 15) is 10.1 Å². The lowest BCUT2D eigenvalue weighted by molar-refractivity contribution is -0.383. The molecule has 2 heterocycles. The van der Waals surface area contributed by atoms with Crippen LogP contribution in [0.3, 0.4) is 0 Å². The summed E-state index contributed by atoms with van der Waals surface area (Å²) in [6.07, 6.45) is 23.3. The highest BCUT2D eigenvalue weighted by molar-refractivity contribution is 5.71. The van der Waals surface area contributed by atoms with Gasteiger partial charge in [0.25, 0.3) is 0 Å². The van der Waals surface area contributed by atoms with Crippen LogP contribution in [0.15, 0.2) is 6.33 Å². The lowest BCUT2D eigenvalue weighted by Gasteiger charge is -2.39. The molecule has 0 spiro atoms. The molecule has 1 saturated heterocycles. The monoisotopic (exact) mass is 515 g/mol. The Labute approximate surface area is 225 Å². The second-order valence-electron chi connectivity index (χ2n) is 13.0. The van der Waals surface area contributed by atoms with Crippen LogP contribution in [0.4, 0.5) is 17.3 Å². The number of hydrogen-bond donors (Lipinski definition) is 1. The molecule has 0 amide bonds. The predicted molar refractivity (Wildman–Crippen MR) is 154 cm³/mol. The summed E-state index contributed by atoms with van der Waals surface area (Å²) in [6, 6.07) is 0.306. The summed E-state index contributed by atoms with van der Waals surface area (Å²) in [6.45, 7) is 10.8. The number of aromatic nitrogens is 2. The topological polar surface area (TPSA) is 84.2 Å². The molecule has 7 heteroatoms. The molecule has 37 heavy (non-hydrogen) atoms. The van der Waals surface area contributed by atoms with E-state index in [1.54, 1.807) is 0 Å². The molecule has 3 rings (SSSR count). The van der Waals surface area contributed by atoms with Gasteiger partial charge in [0.2, 0.25) is 11.6 Å². The molecule has 210 valence electrons. The van der Waals surface area contributed by atoms with E-state index in [0.717, 1.165) is 38.6 Å². The van der Waals surface area contributed by atoms with Gasteiger partial charge in [0.1, 0.15) is 6.33 Å². The second kappa shape index (κ2) is 14.3. The van der Waals surface area contributed by atoms with Crippen LogP contribution in [0.1, 0.15) is 137 Å². The van der Waals surface area contributed by atoms with Crippen LogP contribution in [0.25, 0.3) is 0 Å². The molecule has 2 bridgehead atoms. The van der Waals surface area contributed by atoms with Crippen molar-refractivity contribution in [3.05, 3.63) is 16.4 Å². The third-order valence-electron chi connectivity index (χ3n) is 8.50. The molecule has 2 atom stereocenters. The summed E-state index contributed by atoms with van der Waals surface area (Å²) in [7, 11) is 0. The van der Waals surface area contributed by atoms with Gasteiger partial charge in [-0.3, -0.25) is 10.1 Å². The van der Waals surface area contributed by atoms with Crippen molar-refractivity contribution in [1.82, 2.24) is 9.97 Å².